The minimum Gasteiger partial charge on any atom is -0.478 e. The fourth-order valence-electron chi connectivity index (χ4n) is 1.58. The summed E-state index contributed by atoms with van der Waals surface area (Å²) < 4.78 is 18.8. The fourth-order valence-corrected chi connectivity index (χ4v) is 1.58. The second-order valence-corrected chi connectivity index (χ2v) is 4.55. The van der Waals surface area contributed by atoms with Crippen LogP contribution in [0.1, 0.15) is 37.0 Å². The van der Waals surface area contributed by atoms with Crippen molar-refractivity contribution in [1.29, 1.82) is 0 Å². The van der Waals surface area contributed by atoms with E-state index in [1.807, 2.05) is 13.8 Å². The summed E-state index contributed by atoms with van der Waals surface area (Å²) in [6.07, 6.45) is 2.08. The molecular formula is C14H20FNO3. The van der Waals surface area contributed by atoms with Gasteiger partial charge in [-0.3, -0.25) is 0 Å². The third kappa shape index (κ3) is 5.70. The number of carbonyl (C=O) groups is 1. The highest BCUT2D eigenvalue weighted by atomic mass is 19.1. The Kier molecular flexibility index (Phi) is 6.29. The molecule has 0 atom stereocenters. The van der Waals surface area contributed by atoms with Crippen molar-refractivity contribution in [2.75, 3.05) is 18.5 Å². The summed E-state index contributed by atoms with van der Waals surface area (Å²) in [4.78, 5) is 10.6. The van der Waals surface area contributed by atoms with E-state index in [0.29, 0.717) is 18.8 Å². The largest absolute Gasteiger partial charge is 0.478 e. The van der Waals surface area contributed by atoms with Gasteiger partial charge in [-0.1, -0.05) is 0 Å². The van der Waals surface area contributed by atoms with Crippen LogP contribution >= 0.6 is 0 Å². The number of anilines is 1. The Balaban J connectivity index is 2.30. The maximum absolute atomic E-state index is 13.4. The molecule has 19 heavy (non-hydrogen) atoms. The molecule has 106 valence electrons. The van der Waals surface area contributed by atoms with Crippen LogP contribution in [0, 0.1) is 5.82 Å². The quantitative estimate of drug-likeness (QED) is 0.712. The van der Waals surface area contributed by atoms with E-state index in [-0.39, 0.29) is 11.7 Å². The number of aromatic carboxylic acids is 1. The lowest BCUT2D eigenvalue weighted by molar-refractivity contribution is 0.0691. The van der Waals surface area contributed by atoms with Crippen LogP contribution in [0.5, 0.6) is 0 Å². The summed E-state index contributed by atoms with van der Waals surface area (Å²) in [5, 5.41) is 11.8. The number of halogens is 1. The Labute approximate surface area is 112 Å². The number of unbranched alkanes of at least 4 members (excludes halogenated alkanes) is 1. The van der Waals surface area contributed by atoms with E-state index >= 15 is 0 Å². The van der Waals surface area contributed by atoms with Crippen LogP contribution in [-0.2, 0) is 4.74 Å². The molecule has 0 aliphatic rings. The molecule has 0 heterocycles. The Morgan fingerprint density at radius 2 is 2.16 bits per heavy atom. The van der Waals surface area contributed by atoms with E-state index in [4.69, 9.17) is 9.84 Å². The molecule has 0 radical (unpaired) electrons. The topological polar surface area (TPSA) is 58.6 Å². The van der Waals surface area contributed by atoms with Crippen LogP contribution in [0.2, 0.25) is 0 Å². The highest BCUT2D eigenvalue weighted by Gasteiger charge is 2.09. The Bertz CT molecular complexity index is 421. The molecule has 4 nitrogen and oxygen atoms in total. The van der Waals surface area contributed by atoms with Crippen LogP contribution in [0.25, 0.3) is 0 Å². The van der Waals surface area contributed by atoms with E-state index in [0.717, 1.165) is 12.8 Å². The van der Waals surface area contributed by atoms with E-state index in [9.17, 15) is 9.18 Å². The molecule has 0 unspecified atom stereocenters. The summed E-state index contributed by atoms with van der Waals surface area (Å²) in [7, 11) is 0. The van der Waals surface area contributed by atoms with Crippen LogP contribution in [0.3, 0.4) is 0 Å². The molecule has 0 amide bonds. The van der Waals surface area contributed by atoms with Gasteiger partial charge in [-0.2, -0.15) is 0 Å². The first-order valence-corrected chi connectivity index (χ1v) is 6.39. The first-order chi connectivity index (χ1) is 9.00. The summed E-state index contributed by atoms with van der Waals surface area (Å²) in [6, 6.07) is 4.03. The standard InChI is InChI=1S/C14H20FNO3/c1-10(2)19-8-4-3-7-16-11-5-6-12(14(17)18)13(15)9-11/h5-6,9-10,16H,3-4,7-8H2,1-2H3,(H,17,18). The van der Waals surface area contributed by atoms with Gasteiger partial charge in [0.2, 0.25) is 0 Å². The van der Waals surface area contributed by atoms with Crippen molar-refractivity contribution in [2.24, 2.45) is 0 Å². The molecule has 0 spiro atoms. The van der Waals surface area contributed by atoms with Crippen molar-refractivity contribution >= 4 is 11.7 Å². The summed E-state index contributed by atoms with van der Waals surface area (Å²) in [5.74, 6) is -1.98. The Hall–Kier alpha value is -1.62. The normalized spacial score (nSPS) is 10.7. The van der Waals surface area contributed by atoms with E-state index in [1.165, 1.54) is 12.1 Å². The van der Waals surface area contributed by atoms with Crippen molar-refractivity contribution in [3.63, 3.8) is 0 Å². The average Bonchev–Trinajstić information content (AvgIpc) is 2.32. The smallest absolute Gasteiger partial charge is 0.338 e. The first-order valence-electron chi connectivity index (χ1n) is 6.39. The van der Waals surface area contributed by atoms with Gasteiger partial charge < -0.3 is 15.2 Å². The molecule has 0 fully saturated rings. The van der Waals surface area contributed by atoms with Gasteiger partial charge in [0.15, 0.2) is 0 Å². The number of hydrogen-bond donors (Lipinski definition) is 2. The number of rotatable bonds is 8. The van der Waals surface area contributed by atoms with Crippen molar-refractivity contribution < 1.29 is 19.0 Å². The SMILES string of the molecule is CC(C)OCCCCNc1ccc(C(=O)O)c(F)c1. The minimum atomic E-state index is -1.25. The third-order valence-corrected chi connectivity index (χ3v) is 2.55. The second kappa shape index (κ2) is 7.74. The molecule has 2 N–H and O–H groups in total. The minimum absolute atomic E-state index is 0.241. The number of nitrogens with one attached hydrogen (secondary N) is 1. The lowest BCUT2D eigenvalue weighted by Crippen LogP contribution is -2.07. The van der Waals surface area contributed by atoms with Gasteiger partial charge in [-0.15, -0.1) is 0 Å². The van der Waals surface area contributed by atoms with E-state index in [1.54, 1.807) is 6.07 Å². The molecular weight excluding hydrogens is 249 g/mol. The Morgan fingerprint density at radius 1 is 1.42 bits per heavy atom. The molecule has 0 aliphatic carbocycles. The molecule has 1 aromatic rings. The van der Waals surface area contributed by atoms with Gasteiger partial charge in [-0.05, 0) is 44.9 Å². The lowest BCUT2D eigenvalue weighted by atomic mass is 10.2. The zero-order valence-electron chi connectivity index (χ0n) is 11.3. The van der Waals surface area contributed by atoms with Gasteiger partial charge in [0.1, 0.15) is 5.82 Å². The molecule has 1 rings (SSSR count). The highest BCUT2D eigenvalue weighted by molar-refractivity contribution is 5.88. The van der Waals surface area contributed by atoms with E-state index in [2.05, 4.69) is 5.32 Å². The van der Waals surface area contributed by atoms with Gasteiger partial charge in [0, 0.05) is 18.8 Å². The number of carboxylic acids is 1. The highest BCUT2D eigenvalue weighted by Crippen LogP contribution is 2.14. The van der Waals surface area contributed by atoms with Crippen molar-refractivity contribution in [3.8, 4) is 0 Å². The zero-order chi connectivity index (χ0) is 14.3. The molecule has 0 aliphatic heterocycles. The number of hydrogen-bond acceptors (Lipinski definition) is 3. The second-order valence-electron chi connectivity index (χ2n) is 4.55. The van der Waals surface area contributed by atoms with Crippen LogP contribution < -0.4 is 5.32 Å². The summed E-state index contributed by atoms with van der Waals surface area (Å²) in [6.45, 7) is 5.40. The monoisotopic (exact) mass is 269 g/mol. The fraction of sp³-hybridized carbons (Fsp3) is 0.500. The van der Waals surface area contributed by atoms with Crippen molar-refractivity contribution in [3.05, 3.63) is 29.6 Å². The van der Waals surface area contributed by atoms with Crippen LogP contribution in [0.15, 0.2) is 18.2 Å². The average molecular weight is 269 g/mol. The molecule has 5 heteroatoms. The maximum Gasteiger partial charge on any atom is 0.338 e. The van der Waals surface area contributed by atoms with Crippen LogP contribution in [0.4, 0.5) is 10.1 Å². The Morgan fingerprint density at radius 3 is 2.74 bits per heavy atom. The van der Waals surface area contributed by atoms with Crippen LogP contribution in [-0.4, -0.2) is 30.3 Å². The van der Waals surface area contributed by atoms with Gasteiger partial charge in [0.05, 0.1) is 11.7 Å². The molecule has 1 aromatic carbocycles. The van der Waals surface area contributed by atoms with Gasteiger partial charge in [0.25, 0.3) is 0 Å². The van der Waals surface area contributed by atoms with E-state index < -0.39 is 11.8 Å². The zero-order valence-corrected chi connectivity index (χ0v) is 11.3. The summed E-state index contributed by atoms with van der Waals surface area (Å²) >= 11 is 0. The number of carboxylic acid groups (broad SMARTS) is 1. The summed E-state index contributed by atoms with van der Waals surface area (Å²) in [5.41, 5.74) is 0.281. The molecule has 0 bridgehead atoms. The molecule has 0 aromatic heterocycles. The van der Waals surface area contributed by atoms with Crippen molar-refractivity contribution in [1.82, 2.24) is 0 Å². The lowest BCUT2D eigenvalue weighted by Gasteiger charge is -2.09. The van der Waals surface area contributed by atoms with Crippen molar-refractivity contribution in [2.45, 2.75) is 32.8 Å². The predicted octanol–water partition coefficient (Wildman–Crippen LogP) is 3.14. The predicted molar refractivity (Wildman–Crippen MR) is 72.2 cm³/mol. The first kappa shape index (κ1) is 15.4. The third-order valence-electron chi connectivity index (χ3n) is 2.55. The van der Waals surface area contributed by atoms with Gasteiger partial charge >= 0.3 is 5.97 Å². The number of ether oxygens (including phenoxy) is 1. The molecule has 0 saturated heterocycles. The maximum atomic E-state index is 13.4. The van der Waals surface area contributed by atoms with Gasteiger partial charge in [-0.25, -0.2) is 9.18 Å². The molecule has 0 saturated carbocycles. The number of benzene rings is 1.